The van der Waals surface area contributed by atoms with E-state index in [-0.39, 0.29) is 5.43 Å². The van der Waals surface area contributed by atoms with Gasteiger partial charge in [0.05, 0.1) is 21.8 Å². The van der Waals surface area contributed by atoms with Gasteiger partial charge in [-0.05, 0) is 65.7 Å². The zero-order valence-corrected chi connectivity index (χ0v) is 22.6. The molecule has 41 heavy (non-hydrogen) atoms. The van der Waals surface area contributed by atoms with Crippen molar-refractivity contribution in [1.29, 1.82) is 0 Å². The summed E-state index contributed by atoms with van der Waals surface area (Å²) in [5, 5.41) is 5.94. The van der Waals surface area contributed by atoms with Gasteiger partial charge in [-0.2, -0.15) is 0 Å². The van der Waals surface area contributed by atoms with Crippen molar-refractivity contribution in [2.75, 3.05) is 0 Å². The fourth-order valence-electron chi connectivity index (χ4n) is 6.32. The van der Waals surface area contributed by atoms with Crippen LogP contribution in [-0.4, -0.2) is 4.57 Å². The Balaban J connectivity index is 1.30. The topological polar surface area (TPSA) is 35.1 Å². The third-order valence-electron chi connectivity index (χ3n) is 8.19. The van der Waals surface area contributed by atoms with Gasteiger partial charge in [0.25, 0.3) is 0 Å². The van der Waals surface area contributed by atoms with Crippen LogP contribution >= 0.6 is 11.3 Å². The van der Waals surface area contributed by atoms with Gasteiger partial charge in [-0.1, -0.05) is 72.8 Å². The van der Waals surface area contributed by atoms with Gasteiger partial charge in [0.2, 0.25) is 5.43 Å². The lowest BCUT2D eigenvalue weighted by Gasteiger charge is -2.08. The van der Waals surface area contributed by atoms with Crippen LogP contribution in [0.4, 0.5) is 0 Å². The van der Waals surface area contributed by atoms with Crippen molar-refractivity contribution < 1.29 is 4.42 Å². The van der Waals surface area contributed by atoms with E-state index >= 15 is 0 Å². The summed E-state index contributed by atoms with van der Waals surface area (Å²) in [5.41, 5.74) is 7.17. The van der Waals surface area contributed by atoms with Crippen molar-refractivity contribution in [3.63, 3.8) is 0 Å². The molecular formula is C37H21NO2S. The van der Waals surface area contributed by atoms with Crippen molar-refractivity contribution in [2.24, 2.45) is 0 Å². The molecule has 0 unspecified atom stereocenters. The largest absolute Gasteiger partial charge is 0.456 e. The van der Waals surface area contributed by atoms with Crippen LogP contribution in [0.3, 0.4) is 0 Å². The quantitative estimate of drug-likeness (QED) is 0.203. The molecule has 0 atom stereocenters. The van der Waals surface area contributed by atoms with Gasteiger partial charge >= 0.3 is 0 Å². The number of nitrogens with zero attached hydrogens (tertiary/aromatic N) is 1. The molecule has 0 aliphatic heterocycles. The maximum atomic E-state index is 13.4. The predicted molar refractivity (Wildman–Crippen MR) is 173 cm³/mol. The first-order chi connectivity index (χ1) is 20.2. The minimum atomic E-state index is 0.0134. The fraction of sp³-hybridized carbons (Fsp3) is 0. The van der Waals surface area contributed by atoms with E-state index in [0.29, 0.717) is 21.9 Å². The van der Waals surface area contributed by atoms with Crippen LogP contribution in [0, 0.1) is 0 Å². The third kappa shape index (κ3) is 3.22. The summed E-state index contributed by atoms with van der Waals surface area (Å²) in [6.45, 7) is 0. The summed E-state index contributed by atoms with van der Waals surface area (Å²) in [7, 11) is 0. The van der Waals surface area contributed by atoms with Crippen LogP contribution in [0.25, 0.3) is 80.7 Å². The van der Waals surface area contributed by atoms with Gasteiger partial charge in [-0.15, -0.1) is 11.3 Å². The van der Waals surface area contributed by atoms with Crippen molar-refractivity contribution in [3.8, 4) is 16.8 Å². The second kappa shape index (κ2) is 8.40. The Morgan fingerprint density at radius 1 is 0.537 bits per heavy atom. The molecule has 3 heterocycles. The molecule has 0 saturated heterocycles. The molecule has 0 radical (unpaired) electrons. The smallest absolute Gasteiger partial charge is 0.200 e. The Labute approximate surface area is 238 Å². The van der Waals surface area contributed by atoms with Crippen LogP contribution in [0.5, 0.6) is 0 Å². The first-order valence-electron chi connectivity index (χ1n) is 13.6. The maximum absolute atomic E-state index is 13.4. The Morgan fingerprint density at radius 2 is 1.29 bits per heavy atom. The lowest BCUT2D eigenvalue weighted by atomic mass is 10.00. The average Bonchev–Trinajstić information content (AvgIpc) is 3.55. The molecule has 0 saturated carbocycles. The molecule has 3 nitrogen and oxygen atoms in total. The second-order valence-corrected chi connectivity index (χ2v) is 11.5. The standard InChI is InChI=1S/C37H21NO2S/c39-36-27-12-5-7-16-33(27)40-34-21-35-29(20-30(34)36)26-14-8-13-24(37(26)41-35)22-17-18-32-28(19-22)25-11-4-6-15-31(25)38(32)23-9-2-1-3-10-23/h1-21H. The van der Waals surface area contributed by atoms with E-state index < -0.39 is 0 Å². The molecule has 9 aromatic rings. The molecule has 0 bridgehead atoms. The zero-order chi connectivity index (χ0) is 27.1. The molecule has 6 aromatic carbocycles. The van der Waals surface area contributed by atoms with Gasteiger partial charge in [0.15, 0.2) is 0 Å². The lowest BCUT2D eigenvalue weighted by Crippen LogP contribution is -2.01. The van der Waals surface area contributed by atoms with Gasteiger partial charge in [0.1, 0.15) is 11.2 Å². The number of hydrogen-bond acceptors (Lipinski definition) is 3. The predicted octanol–water partition coefficient (Wildman–Crippen LogP) is 10.1. The Kier molecular flexibility index (Phi) is 4.63. The number of hydrogen-bond donors (Lipinski definition) is 0. The monoisotopic (exact) mass is 543 g/mol. The third-order valence-corrected chi connectivity index (χ3v) is 9.39. The molecular weight excluding hydrogens is 522 g/mol. The molecule has 0 fully saturated rings. The zero-order valence-electron chi connectivity index (χ0n) is 21.8. The Morgan fingerprint density at radius 3 is 2.20 bits per heavy atom. The molecule has 0 aliphatic rings. The summed E-state index contributed by atoms with van der Waals surface area (Å²) < 4.78 is 10.8. The number of rotatable bonds is 2. The minimum absolute atomic E-state index is 0.0134. The molecule has 3 aromatic heterocycles. The van der Waals surface area contributed by atoms with Gasteiger partial charge in [-0.25, -0.2) is 0 Å². The first-order valence-corrected chi connectivity index (χ1v) is 14.5. The summed E-state index contributed by atoms with van der Waals surface area (Å²) in [6, 6.07) is 43.9. The Hall–Kier alpha value is -5.19. The SMILES string of the molecule is O=c1c2ccccc2oc2cc3sc4c(-c5ccc6c(c5)c5ccccc5n6-c5ccccc5)cccc4c3cc12. The molecule has 0 spiro atoms. The minimum Gasteiger partial charge on any atom is -0.456 e. The van der Waals surface area contributed by atoms with Crippen LogP contribution in [0.2, 0.25) is 0 Å². The van der Waals surface area contributed by atoms with Gasteiger partial charge < -0.3 is 8.98 Å². The van der Waals surface area contributed by atoms with Crippen LogP contribution < -0.4 is 5.43 Å². The highest BCUT2D eigenvalue weighted by molar-refractivity contribution is 7.26. The summed E-state index contributed by atoms with van der Waals surface area (Å²) in [5.74, 6) is 0. The van der Waals surface area contributed by atoms with Gasteiger partial charge in [0, 0.05) is 36.6 Å². The summed E-state index contributed by atoms with van der Waals surface area (Å²) >= 11 is 1.75. The fourth-order valence-corrected chi connectivity index (χ4v) is 7.57. The molecule has 192 valence electrons. The normalized spacial score (nSPS) is 12.0. The Bertz CT molecular complexity index is 2550. The first kappa shape index (κ1) is 22.6. The van der Waals surface area contributed by atoms with Crippen LogP contribution in [0.1, 0.15) is 0 Å². The van der Waals surface area contributed by atoms with Crippen molar-refractivity contribution >= 4 is 75.3 Å². The highest BCUT2D eigenvalue weighted by atomic mass is 32.1. The molecule has 0 N–H and O–H groups in total. The van der Waals surface area contributed by atoms with Crippen molar-refractivity contribution in [3.05, 3.63) is 138 Å². The number of thiophene rings is 1. The molecule has 0 aliphatic carbocycles. The van der Waals surface area contributed by atoms with E-state index in [1.807, 2.05) is 36.4 Å². The van der Waals surface area contributed by atoms with E-state index in [2.05, 4.69) is 95.6 Å². The van der Waals surface area contributed by atoms with E-state index in [1.165, 1.54) is 37.6 Å². The van der Waals surface area contributed by atoms with Gasteiger partial charge in [-0.3, -0.25) is 4.79 Å². The second-order valence-electron chi connectivity index (χ2n) is 10.5. The van der Waals surface area contributed by atoms with E-state index in [1.54, 1.807) is 11.3 Å². The number of benzene rings is 6. The summed E-state index contributed by atoms with van der Waals surface area (Å²) in [6.07, 6.45) is 0. The molecule has 9 rings (SSSR count). The molecule has 4 heteroatoms. The maximum Gasteiger partial charge on any atom is 0.200 e. The number of fused-ring (bicyclic) bond motifs is 8. The number of para-hydroxylation sites is 3. The van der Waals surface area contributed by atoms with Crippen molar-refractivity contribution in [2.45, 2.75) is 0 Å². The number of aromatic nitrogens is 1. The highest BCUT2D eigenvalue weighted by Crippen LogP contribution is 2.43. The van der Waals surface area contributed by atoms with E-state index in [9.17, 15) is 4.79 Å². The van der Waals surface area contributed by atoms with E-state index in [4.69, 9.17) is 4.42 Å². The van der Waals surface area contributed by atoms with E-state index in [0.717, 1.165) is 21.2 Å². The average molecular weight is 544 g/mol. The van der Waals surface area contributed by atoms with Crippen LogP contribution in [0.15, 0.2) is 137 Å². The summed E-state index contributed by atoms with van der Waals surface area (Å²) in [4.78, 5) is 13.4. The van der Waals surface area contributed by atoms with Crippen molar-refractivity contribution in [1.82, 2.24) is 4.57 Å². The molecule has 0 amide bonds. The van der Waals surface area contributed by atoms with Crippen LogP contribution in [-0.2, 0) is 0 Å². The highest BCUT2D eigenvalue weighted by Gasteiger charge is 2.17. The lowest BCUT2D eigenvalue weighted by molar-refractivity contribution is 0.660.